The zero-order valence-electron chi connectivity index (χ0n) is 21.4. The first-order valence-corrected chi connectivity index (χ1v) is 13.5. The number of likely N-dealkylation sites (N-methyl/N-ethyl adjacent to an activating group) is 1. The molecule has 3 atom stereocenters. The first kappa shape index (κ1) is 25.6. The third-order valence-corrected chi connectivity index (χ3v) is 8.37. The monoisotopic (exact) mass is 551 g/mol. The molecule has 3 aromatic rings. The number of likely N-dealkylation sites (tertiary alicyclic amines) is 1. The lowest BCUT2D eigenvalue weighted by molar-refractivity contribution is -0.124. The smallest absolute Gasteiger partial charge is 0.327 e. The minimum absolute atomic E-state index is 0.330. The first-order valence-electron chi connectivity index (χ1n) is 12.6. The van der Waals surface area contributed by atoms with Gasteiger partial charge in [0.1, 0.15) is 21.8 Å². The summed E-state index contributed by atoms with van der Waals surface area (Å²) in [6, 6.07) is 15.0. The third-order valence-electron chi connectivity index (χ3n) is 7.08. The number of pyridine rings is 1. The molecule has 2 aromatic carbocycles. The lowest BCUT2D eigenvalue weighted by Gasteiger charge is -2.37. The van der Waals surface area contributed by atoms with E-state index in [2.05, 4.69) is 15.6 Å². The van der Waals surface area contributed by atoms with Crippen LogP contribution in [0.1, 0.15) is 23.6 Å². The zero-order chi connectivity index (χ0) is 27.3. The number of anilines is 2. The van der Waals surface area contributed by atoms with Crippen LogP contribution >= 0.6 is 11.8 Å². The zero-order valence-corrected chi connectivity index (χ0v) is 22.2. The molecule has 2 N–H and O–H groups in total. The van der Waals surface area contributed by atoms with Crippen molar-refractivity contribution in [3.63, 3.8) is 0 Å². The molecular formula is C28H27F2N5O3S. The van der Waals surface area contributed by atoms with Crippen molar-refractivity contribution in [2.24, 2.45) is 0 Å². The number of ether oxygens (including phenoxy) is 1. The number of nitrogens with one attached hydrogen (secondary N) is 2. The molecule has 202 valence electrons. The molecule has 3 aliphatic rings. The summed E-state index contributed by atoms with van der Waals surface area (Å²) in [4.78, 5) is 34.3. The molecule has 6 rings (SSSR count). The largest absolute Gasteiger partial charge is 0.457 e. The van der Waals surface area contributed by atoms with Gasteiger partial charge in [-0.3, -0.25) is 14.6 Å². The number of carbonyl (C=O) groups is 2. The second-order valence-corrected chi connectivity index (χ2v) is 11.3. The molecule has 11 heteroatoms. The number of halogens is 2. The topological polar surface area (TPSA) is 86.8 Å². The fraction of sp³-hybridized carbons (Fsp3) is 0.321. The van der Waals surface area contributed by atoms with Gasteiger partial charge in [0.05, 0.1) is 24.0 Å². The molecule has 1 saturated heterocycles. The molecule has 4 heterocycles. The van der Waals surface area contributed by atoms with E-state index >= 15 is 0 Å². The SMILES string of the molecule is Cc1cc(Oc2ccccc2)ccc1N1C(=O)NC2c3c1ccnc3S[C@H]2C(=O)NC1CN(C)CC(F)(F)C1. The van der Waals surface area contributed by atoms with Gasteiger partial charge < -0.3 is 15.4 Å². The molecule has 3 aliphatic heterocycles. The summed E-state index contributed by atoms with van der Waals surface area (Å²) in [5.74, 6) is -1.91. The number of hydrogen-bond donors (Lipinski definition) is 2. The minimum Gasteiger partial charge on any atom is -0.457 e. The number of alkyl halides is 2. The Morgan fingerprint density at radius 2 is 1.95 bits per heavy atom. The Labute approximate surface area is 228 Å². The number of hydrogen-bond acceptors (Lipinski definition) is 6. The standard InChI is InChI=1S/C28H27F2N5O3S/c1-16-12-19(38-18-6-4-3-5-7-18)8-9-20(16)35-21-10-11-31-26-22(21)23(33-27(35)37)24(39-26)25(36)32-17-13-28(29,30)15-34(2)14-17/h3-12,17,23-24H,13-15H2,1-2H3,(H,32,36)(H,33,37)/t17?,23?,24-/m1/s1. The lowest BCUT2D eigenvalue weighted by Crippen LogP contribution is -2.56. The van der Waals surface area contributed by atoms with E-state index in [1.165, 1.54) is 16.7 Å². The number of carbonyl (C=O) groups excluding carboxylic acids is 2. The Kier molecular flexibility index (Phi) is 6.43. The average Bonchev–Trinajstić information content (AvgIpc) is 3.24. The average molecular weight is 552 g/mol. The van der Waals surface area contributed by atoms with Crippen molar-refractivity contribution in [2.45, 2.75) is 41.6 Å². The maximum absolute atomic E-state index is 14.1. The Balaban J connectivity index is 1.25. The van der Waals surface area contributed by atoms with E-state index in [1.54, 1.807) is 30.3 Å². The van der Waals surface area contributed by atoms with Crippen molar-refractivity contribution in [1.29, 1.82) is 0 Å². The maximum atomic E-state index is 14.1. The molecule has 0 saturated carbocycles. The van der Waals surface area contributed by atoms with Crippen molar-refractivity contribution in [3.8, 4) is 11.5 Å². The first-order chi connectivity index (χ1) is 18.7. The molecule has 1 fully saturated rings. The number of urea groups is 1. The summed E-state index contributed by atoms with van der Waals surface area (Å²) < 4.78 is 34.1. The second kappa shape index (κ2) is 9.80. The Morgan fingerprint density at radius 1 is 1.15 bits per heavy atom. The number of aryl methyl sites for hydroxylation is 1. The Bertz CT molecular complexity index is 1440. The summed E-state index contributed by atoms with van der Waals surface area (Å²) in [5.41, 5.74) is 2.88. The summed E-state index contributed by atoms with van der Waals surface area (Å²) in [6.07, 6.45) is 1.20. The van der Waals surface area contributed by atoms with Crippen LogP contribution in [0.25, 0.3) is 0 Å². The highest BCUT2D eigenvalue weighted by Crippen LogP contribution is 2.51. The van der Waals surface area contributed by atoms with E-state index in [-0.39, 0.29) is 12.6 Å². The van der Waals surface area contributed by atoms with Crippen LogP contribution in [0.2, 0.25) is 0 Å². The van der Waals surface area contributed by atoms with E-state index in [1.807, 2.05) is 49.4 Å². The van der Waals surface area contributed by atoms with Crippen LogP contribution in [-0.4, -0.2) is 59.2 Å². The van der Waals surface area contributed by atoms with Crippen LogP contribution in [0.3, 0.4) is 0 Å². The molecular weight excluding hydrogens is 524 g/mol. The second-order valence-electron chi connectivity index (χ2n) is 10.2. The number of amides is 3. The van der Waals surface area contributed by atoms with E-state index in [0.29, 0.717) is 34.4 Å². The van der Waals surface area contributed by atoms with Crippen molar-refractivity contribution in [3.05, 3.63) is 71.9 Å². The van der Waals surface area contributed by atoms with Crippen LogP contribution in [0.15, 0.2) is 65.8 Å². The normalized spacial score (nSPS) is 23.6. The van der Waals surface area contributed by atoms with E-state index in [9.17, 15) is 18.4 Å². The van der Waals surface area contributed by atoms with E-state index in [4.69, 9.17) is 4.74 Å². The number of para-hydroxylation sites is 1. The van der Waals surface area contributed by atoms with Crippen LogP contribution < -0.4 is 20.3 Å². The quantitative estimate of drug-likeness (QED) is 0.464. The highest BCUT2D eigenvalue weighted by molar-refractivity contribution is 8.01. The third kappa shape index (κ3) is 4.92. The van der Waals surface area contributed by atoms with Gasteiger partial charge in [-0.1, -0.05) is 30.0 Å². The van der Waals surface area contributed by atoms with Crippen LogP contribution in [-0.2, 0) is 4.79 Å². The summed E-state index contributed by atoms with van der Waals surface area (Å²) in [5, 5.41) is 5.68. The van der Waals surface area contributed by atoms with Crippen molar-refractivity contribution < 1.29 is 23.1 Å². The van der Waals surface area contributed by atoms with Gasteiger partial charge in [-0.25, -0.2) is 18.6 Å². The molecule has 8 nitrogen and oxygen atoms in total. The lowest BCUT2D eigenvalue weighted by atomic mass is 9.98. The Hall–Kier alpha value is -3.70. The molecule has 0 aliphatic carbocycles. The fourth-order valence-electron chi connectivity index (χ4n) is 5.54. The molecule has 2 unspecified atom stereocenters. The number of nitrogens with zero attached hydrogens (tertiary/aromatic N) is 3. The number of aromatic nitrogens is 1. The van der Waals surface area contributed by atoms with Gasteiger partial charge in [-0.2, -0.15) is 0 Å². The predicted octanol–water partition coefficient (Wildman–Crippen LogP) is 5.01. The van der Waals surface area contributed by atoms with Gasteiger partial charge in [0, 0.05) is 30.8 Å². The summed E-state index contributed by atoms with van der Waals surface area (Å²) in [7, 11) is 1.61. The van der Waals surface area contributed by atoms with E-state index in [0.717, 1.165) is 11.1 Å². The van der Waals surface area contributed by atoms with Gasteiger partial charge in [0.2, 0.25) is 5.91 Å². The van der Waals surface area contributed by atoms with Gasteiger partial charge in [0.15, 0.2) is 0 Å². The highest BCUT2D eigenvalue weighted by Gasteiger charge is 2.48. The van der Waals surface area contributed by atoms with Gasteiger partial charge in [-0.05, 0) is 55.9 Å². The maximum Gasteiger partial charge on any atom is 0.327 e. The molecule has 39 heavy (non-hydrogen) atoms. The van der Waals surface area contributed by atoms with Gasteiger partial charge in [-0.15, -0.1) is 0 Å². The predicted molar refractivity (Wildman–Crippen MR) is 144 cm³/mol. The fourth-order valence-corrected chi connectivity index (χ4v) is 6.77. The highest BCUT2D eigenvalue weighted by atomic mass is 32.2. The van der Waals surface area contributed by atoms with Crippen LogP contribution in [0.4, 0.5) is 25.0 Å². The van der Waals surface area contributed by atoms with Gasteiger partial charge >= 0.3 is 6.03 Å². The van der Waals surface area contributed by atoms with Crippen molar-refractivity contribution in [2.75, 3.05) is 25.0 Å². The van der Waals surface area contributed by atoms with Gasteiger partial charge in [0.25, 0.3) is 5.92 Å². The van der Waals surface area contributed by atoms with Crippen molar-refractivity contribution >= 4 is 35.1 Å². The number of rotatable bonds is 5. The molecule has 0 bridgehead atoms. The number of piperidine rings is 1. The molecule has 0 radical (unpaired) electrons. The van der Waals surface area contributed by atoms with Crippen molar-refractivity contribution in [1.82, 2.24) is 20.5 Å². The summed E-state index contributed by atoms with van der Waals surface area (Å²) >= 11 is 1.24. The number of benzene rings is 2. The van der Waals surface area contributed by atoms with Crippen LogP contribution in [0.5, 0.6) is 11.5 Å². The molecule has 1 aromatic heterocycles. The summed E-state index contributed by atoms with van der Waals surface area (Å²) in [6.45, 7) is 1.91. The van der Waals surface area contributed by atoms with E-state index < -0.39 is 35.6 Å². The van der Waals surface area contributed by atoms with Crippen LogP contribution in [0, 0.1) is 6.92 Å². The molecule has 3 amide bonds. The number of thioether (sulfide) groups is 1. The molecule has 0 spiro atoms. The minimum atomic E-state index is -2.87. The Morgan fingerprint density at radius 3 is 2.69 bits per heavy atom.